The van der Waals surface area contributed by atoms with Gasteiger partial charge in [-0.25, -0.2) is 0 Å². The molecule has 0 saturated carbocycles. The minimum absolute atomic E-state index is 0.0112. The molecule has 0 amide bonds. The number of rotatable bonds is 7. The van der Waals surface area contributed by atoms with Crippen molar-refractivity contribution in [2.45, 2.75) is 52.6 Å². The second kappa shape index (κ2) is 7.60. The van der Waals surface area contributed by atoms with Crippen LogP contribution in [0.5, 0.6) is 0 Å². The lowest BCUT2D eigenvalue weighted by Gasteiger charge is -2.22. The number of carbonyl (C=O) groups is 1. The summed E-state index contributed by atoms with van der Waals surface area (Å²) in [6, 6.07) is 0. The molecule has 0 fully saturated rings. The van der Waals surface area contributed by atoms with E-state index in [0.29, 0.717) is 5.92 Å². The summed E-state index contributed by atoms with van der Waals surface area (Å²) in [4.78, 5) is 10.8. The maximum absolute atomic E-state index is 10.8. The van der Waals surface area contributed by atoms with Crippen molar-refractivity contribution in [2.75, 3.05) is 0 Å². The molecular formula is C12H22O2. The van der Waals surface area contributed by atoms with Gasteiger partial charge in [-0.1, -0.05) is 25.8 Å². The molecule has 2 nitrogen and oxygen atoms in total. The highest BCUT2D eigenvalue weighted by Crippen LogP contribution is 2.19. The molecule has 0 radical (unpaired) electrons. The van der Waals surface area contributed by atoms with Crippen LogP contribution in [0.4, 0.5) is 0 Å². The Labute approximate surface area is 87.3 Å². The lowest BCUT2D eigenvalue weighted by molar-refractivity contribution is -0.148. The highest BCUT2D eigenvalue weighted by atomic mass is 16.5. The summed E-state index contributed by atoms with van der Waals surface area (Å²) in [7, 11) is 0. The topological polar surface area (TPSA) is 26.3 Å². The van der Waals surface area contributed by atoms with Crippen LogP contribution >= 0.6 is 0 Å². The third-order valence-corrected chi connectivity index (χ3v) is 2.41. The molecule has 0 spiro atoms. The lowest BCUT2D eigenvalue weighted by Crippen LogP contribution is -2.22. The van der Waals surface area contributed by atoms with Gasteiger partial charge in [0.25, 0.3) is 0 Å². The summed E-state index contributed by atoms with van der Waals surface area (Å²) >= 11 is 0. The maximum Gasteiger partial charge on any atom is 0.302 e. The molecule has 0 unspecified atom stereocenters. The van der Waals surface area contributed by atoms with E-state index in [4.69, 9.17) is 4.74 Å². The van der Waals surface area contributed by atoms with Gasteiger partial charge in [0.2, 0.25) is 0 Å². The van der Waals surface area contributed by atoms with Crippen molar-refractivity contribution in [3.05, 3.63) is 12.7 Å². The number of esters is 1. The minimum Gasteiger partial charge on any atom is -0.463 e. The van der Waals surface area contributed by atoms with Crippen LogP contribution in [0.25, 0.3) is 0 Å². The zero-order chi connectivity index (χ0) is 11.0. The fraction of sp³-hybridized carbons (Fsp3) is 0.750. The predicted molar refractivity (Wildman–Crippen MR) is 59.1 cm³/mol. The largest absolute Gasteiger partial charge is 0.463 e. The van der Waals surface area contributed by atoms with E-state index in [1.54, 1.807) is 0 Å². The molecule has 0 aromatic rings. The fourth-order valence-corrected chi connectivity index (χ4v) is 1.58. The molecule has 0 heterocycles. The molecule has 2 heteroatoms. The van der Waals surface area contributed by atoms with Gasteiger partial charge in [0.1, 0.15) is 6.10 Å². The van der Waals surface area contributed by atoms with Crippen LogP contribution in [0.3, 0.4) is 0 Å². The van der Waals surface area contributed by atoms with E-state index in [0.717, 1.165) is 12.8 Å². The molecule has 82 valence electrons. The monoisotopic (exact) mass is 198 g/mol. The van der Waals surface area contributed by atoms with Crippen LogP contribution in [0, 0.1) is 5.92 Å². The Hall–Kier alpha value is -0.790. The van der Waals surface area contributed by atoms with E-state index >= 15 is 0 Å². The van der Waals surface area contributed by atoms with Crippen LogP contribution in [-0.4, -0.2) is 12.1 Å². The Morgan fingerprint density at radius 1 is 1.57 bits per heavy atom. The van der Waals surface area contributed by atoms with Crippen molar-refractivity contribution in [2.24, 2.45) is 5.92 Å². The third kappa shape index (κ3) is 5.79. The van der Waals surface area contributed by atoms with Gasteiger partial charge in [-0.2, -0.15) is 0 Å². The Morgan fingerprint density at radius 3 is 2.64 bits per heavy atom. The fourth-order valence-electron chi connectivity index (χ4n) is 1.58. The molecule has 0 aromatic heterocycles. The highest BCUT2D eigenvalue weighted by molar-refractivity contribution is 5.66. The van der Waals surface area contributed by atoms with Crippen LogP contribution in [0.2, 0.25) is 0 Å². The molecular weight excluding hydrogens is 176 g/mol. The molecule has 0 aliphatic rings. The Balaban J connectivity index is 4.02. The quantitative estimate of drug-likeness (QED) is 0.463. The van der Waals surface area contributed by atoms with Crippen molar-refractivity contribution in [3.8, 4) is 0 Å². The number of hydrogen-bond donors (Lipinski definition) is 0. The van der Waals surface area contributed by atoms with Gasteiger partial charge in [-0.05, 0) is 25.7 Å². The smallest absolute Gasteiger partial charge is 0.302 e. The molecule has 0 saturated heterocycles. The summed E-state index contributed by atoms with van der Waals surface area (Å²) in [6.07, 6.45) is 6.31. The molecule has 2 atom stereocenters. The van der Waals surface area contributed by atoms with Crippen LogP contribution in [0.1, 0.15) is 46.5 Å². The molecule has 0 aliphatic carbocycles. The van der Waals surface area contributed by atoms with Crippen molar-refractivity contribution in [1.82, 2.24) is 0 Å². The van der Waals surface area contributed by atoms with Gasteiger partial charge in [-0.3, -0.25) is 4.79 Å². The van der Waals surface area contributed by atoms with Crippen molar-refractivity contribution in [1.29, 1.82) is 0 Å². The first-order valence-electron chi connectivity index (χ1n) is 5.39. The lowest BCUT2D eigenvalue weighted by atomic mass is 9.93. The maximum atomic E-state index is 10.8. The average molecular weight is 198 g/mol. The van der Waals surface area contributed by atoms with Crippen molar-refractivity contribution in [3.63, 3.8) is 0 Å². The second-order valence-electron chi connectivity index (χ2n) is 3.74. The summed E-state index contributed by atoms with van der Waals surface area (Å²) in [6.45, 7) is 9.32. The van der Waals surface area contributed by atoms with Gasteiger partial charge in [0, 0.05) is 6.92 Å². The molecule has 0 rings (SSSR count). The van der Waals surface area contributed by atoms with Gasteiger partial charge in [0.05, 0.1) is 0 Å². The number of hydrogen-bond acceptors (Lipinski definition) is 2. The summed E-state index contributed by atoms with van der Waals surface area (Å²) in [5.41, 5.74) is 0. The number of carbonyl (C=O) groups excluding carboxylic acids is 1. The van der Waals surface area contributed by atoms with E-state index in [2.05, 4.69) is 13.5 Å². The Kier molecular flexibility index (Phi) is 7.17. The van der Waals surface area contributed by atoms with Crippen LogP contribution in [0.15, 0.2) is 12.7 Å². The van der Waals surface area contributed by atoms with Crippen molar-refractivity contribution >= 4 is 5.97 Å². The molecule has 14 heavy (non-hydrogen) atoms. The predicted octanol–water partition coefficient (Wildman–Crippen LogP) is 3.32. The third-order valence-electron chi connectivity index (χ3n) is 2.41. The number of allylic oxidation sites excluding steroid dienone is 1. The first-order valence-corrected chi connectivity index (χ1v) is 5.39. The first-order chi connectivity index (χ1) is 6.61. The zero-order valence-corrected chi connectivity index (χ0v) is 9.58. The molecule has 0 aromatic carbocycles. The summed E-state index contributed by atoms with van der Waals surface area (Å²) in [5.74, 6) is 0.236. The normalized spacial score (nSPS) is 14.5. The standard InChI is InChI=1S/C12H22O2/c1-5-7-9-12(8-6-2)10(3)14-11(4)13/h6,10,12H,2,5,7-9H2,1,3-4H3/t10-,12-/m0/s1. The minimum atomic E-state index is -0.192. The van der Waals surface area contributed by atoms with E-state index in [1.807, 2.05) is 13.0 Å². The van der Waals surface area contributed by atoms with Gasteiger partial charge in [0.15, 0.2) is 0 Å². The van der Waals surface area contributed by atoms with E-state index < -0.39 is 0 Å². The van der Waals surface area contributed by atoms with Crippen molar-refractivity contribution < 1.29 is 9.53 Å². The molecule has 0 aliphatic heterocycles. The SMILES string of the molecule is C=CC[C@@H](CCCC)[C@H](C)OC(C)=O. The van der Waals surface area contributed by atoms with E-state index in [-0.39, 0.29) is 12.1 Å². The average Bonchev–Trinajstić information content (AvgIpc) is 2.10. The van der Waals surface area contributed by atoms with Gasteiger partial charge < -0.3 is 4.74 Å². The molecule has 0 N–H and O–H groups in total. The van der Waals surface area contributed by atoms with Crippen LogP contribution < -0.4 is 0 Å². The first kappa shape index (κ1) is 13.2. The number of ether oxygens (including phenoxy) is 1. The Morgan fingerprint density at radius 2 is 2.21 bits per heavy atom. The summed E-state index contributed by atoms with van der Waals surface area (Å²) in [5, 5.41) is 0. The van der Waals surface area contributed by atoms with E-state index in [1.165, 1.54) is 19.8 Å². The van der Waals surface area contributed by atoms with Crippen LogP contribution in [-0.2, 0) is 9.53 Å². The van der Waals surface area contributed by atoms with Gasteiger partial charge >= 0.3 is 5.97 Å². The summed E-state index contributed by atoms with van der Waals surface area (Å²) < 4.78 is 5.18. The second-order valence-corrected chi connectivity index (χ2v) is 3.74. The molecule has 0 bridgehead atoms. The Bertz CT molecular complexity index is 175. The van der Waals surface area contributed by atoms with E-state index in [9.17, 15) is 4.79 Å². The zero-order valence-electron chi connectivity index (χ0n) is 9.58. The highest BCUT2D eigenvalue weighted by Gasteiger charge is 2.17. The van der Waals surface area contributed by atoms with Gasteiger partial charge in [-0.15, -0.1) is 6.58 Å². The number of unbranched alkanes of at least 4 members (excludes halogenated alkanes) is 1.